The Bertz CT molecular complexity index is 1010. The van der Waals surface area contributed by atoms with Crippen LogP contribution in [0, 0.1) is 0 Å². The molecule has 0 bridgehead atoms. The van der Waals surface area contributed by atoms with Crippen LogP contribution in [-0.4, -0.2) is 34.8 Å². The van der Waals surface area contributed by atoms with Crippen LogP contribution in [0.5, 0.6) is 0 Å². The van der Waals surface area contributed by atoms with Crippen molar-refractivity contribution >= 4 is 17.3 Å². The van der Waals surface area contributed by atoms with Crippen molar-refractivity contribution in [3.8, 4) is 0 Å². The van der Waals surface area contributed by atoms with E-state index in [1.165, 1.54) is 16.8 Å². The topological polar surface area (TPSA) is 62.2 Å². The molecule has 2 N–H and O–H groups in total. The van der Waals surface area contributed by atoms with Gasteiger partial charge in [0.25, 0.3) is 0 Å². The maximum absolute atomic E-state index is 12.4. The summed E-state index contributed by atoms with van der Waals surface area (Å²) in [7, 11) is 0. The number of anilines is 2. The van der Waals surface area contributed by atoms with Crippen molar-refractivity contribution < 1.29 is 4.79 Å². The SMILES string of the molecule is CCn1cc(CNC2CCN(c3cccc(NC(=O)CCCc4ccccc4)c3)CC2)cn1. The first-order valence-corrected chi connectivity index (χ1v) is 12.1. The smallest absolute Gasteiger partial charge is 0.224 e. The van der Waals surface area contributed by atoms with Crippen molar-refractivity contribution in [3.63, 3.8) is 0 Å². The monoisotopic (exact) mass is 445 g/mol. The van der Waals surface area contributed by atoms with Crippen molar-refractivity contribution in [2.75, 3.05) is 23.3 Å². The van der Waals surface area contributed by atoms with Gasteiger partial charge in [0.15, 0.2) is 0 Å². The summed E-state index contributed by atoms with van der Waals surface area (Å²) in [6.45, 7) is 5.91. The van der Waals surface area contributed by atoms with E-state index < -0.39 is 0 Å². The third kappa shape index (κ3) is 6.93. The number of rotatable bonds is 10. The summed E-state index contributed by atoms with van der Waals surface area (Å²) >= 11 is 0. The molecule has 1 aromatic heterocycles. The second-order valence-corrected chi connectivity index (χ2v) is 8.78. The summed E-state index contributed by atoms with van der Waals surface area (Å²) < 4.78 is 1.97. The van der Waals surface area contributed by atoms with E-state index in [1.54, 1.807) is 0 Å². The molecule has 174 valence electrons. The standard InChI is InChI=1S/C27H35N5O/c1-2-32-21-23(20-29-32)19-28-24-14-16-31(17-15-24)26-12-7-11-25(18-26)30-27(33)13-6-10-22-8-4-3-5-9-22/h3-5,7-9,11-12,18,20-21,24,28H,2,6,10,13-17,19H2,1H3,(H,30,33). The maximum Gasteiger partial charge on any atom is 0.224 e. The molecule has 1 amide bonds. The third-order valence-corrected chi connectivity index (χ3v) is 6.31. The van der Waals surface area contributed by atoms with Crippen LogP contribution >= 0.6 is 0 Å². The zero-order valence-corrected chi connectivity index (χ0v) is 19.5. The predicted molar refractivity (Wildman–Crippen MR) is 134 cm³/mol. The van der Waals surface area contributed by atoms with E-state index in [1.807, 2.05) is 41.2 Å². The number of nitrogens with zero attached hydrogens (tertiary/aromatic N) is 3. The van der Waals surface area contributed by atoms with Gasteiger partial charge in [-0.15, -0.1) is 0 Å². The molecule has 1 saturated heterocycles. The second-order valence-electron chi connectivity index (χ2n) is 8.78. The fourth-order valence-electron chi connectivity index (χ4n) is 4.38. The van der Waals surface area contributed by atoms with E-state index in [0.29, 0.717) is 12.5 Å². The number of hydrogen-bond donors (Lipinski definition) is 2. The van der Waals surface area contributed by atoms with Gasteiger partial charge in [0.1, 0.15) is 0 Å². The molecule has 2 aromatic carbocycles. The van der Waals surface area contributed by atoms with Gasteiger partial charge in [0.2, 0.25) is 5.91 Å². The quantitative estimate of drug-likeness (QED) is 0.478. The third-order valence-electron chi connectivity index (χ3n) is 6.31. The van der Waals surface area contributed by atoms with Gasteiger partial charge in [-0.2, -0.15) is 5.10 Å². The van der Waals surface area contributed by atoms with Crippen molar-refractivity contribution in [1.82, 2.24) is 15.1 Å². The average molecular weight is 446 g/mol. The molecule has 0 unspecified atom stereocenters. The molecule has 0 aliphatic carbocycles. The van der Waals surface area contributed by atoms with Crippen LogP contribution in [0.1, 0.15) is 43.7 Å². The summed E-state index contributed by atoms with van der Waals surface area (Å²) in [6.07, 6.45) is 8.60. The van der Waals surface area contributed by atoms with Crippen LogP contribution in [0.4, 0.5) is 11.4 Å². The van der Waals surface area contributed by atoms with E-state index in [0.717, 1.165) is 57.5 Å². The predicted octanol–water partition coefficient (Wildman–Crippen LogP) is 4.62. The molecule has 1 fully saturated rings. The highest BCUT2D eigenvalue weighted by molar-refractivity contribution is 5.91. The zero-order chi connectivity index (χ0) is 22.9. The molecule has 6 heteroatoms. The van der Waals surface area contributed by atoms with Crippen LogP contribution < -0.4 is 15.5 Å². The van der Waals surface area contributed by atoms with Crippen LogP contribution in [0.2, 0.25) is 0 Å². The van der Waals surface area contributed by atoms with Crippen molar-refractivity contribution in [2.45, 2.75) is 58.2 Å². The molecule has 6 nitrogen and oxygen atoms in total. The number of aromatic nitrogens is 2. The Labute approximate surface area is 197 Å². The van der Waals surface area contributed by atoms with Crippen molar-refractivity contribution in [1.29, 1.82) is 0 Å². The lowest BCUT2D eigenvalue weighted by atomic mass is 10.0. The normalized spacial score (nSPS) is 14.4. The minimum absolute atomic E-state index is 0.0809. The molecule has 0 saturated carbocycles. The minimum atomic E-state index is 0.0809. The van der Waals surface area contributed by atoms with E-state index in [-0.39, 0.29) is 5.91 Å². The number of benzene rings is 2. The van der Waals surface area contributed by atoms with Crippen LogP contribution in [0.15, 0.2) is 67.0 Å². The Morgan fingerprint density at radius 3 is 2.64 bits per heavy atom. The first-order valence-electron chi connectivity index (χ1n) is 12.1. The Kier molecular flexibility index (Phi) is 8.14. The minimum Gasteiger partial charge on any atom is -0.371 e. The Morgan fingerprint density at radius 1 is 1.06 bits per heavy atom. The van der Waals surface area contributed by atoms with E-state index in [2.05, 4.69) is 58.0 Å². The molecule has 1 aliphatic rings. The maximum atomic E-state index is 12.4. The molecular formula is C27H35N5O. The van der Waals surface area contributed by atoms with Crippen LogP contribution in [-0.2, 0) is 24.3 Å². The molecule has 33 heavy (non-hydrogen) atoms. The highest BCUT2D eigenvalue weighted by atomic mass is 16.1. The summed E-state index contributed by atoms with van der Waals surface area (Å²) in [5.74, 6) is 0.0809. The van der Waals surface area contributed by atoms with E-state index >= 15 is 0 Å². The zero-order valence-electron chi connectivity index (χ0n) is 19.5. The highest BCUT2D eigenvalue weighted by Gasteiger charge is 2.19. The van der Waals surface area contributed by atoms with Gasteiger partial charge in [0.05, 0.1) is 6.20 Å². The Hall–Kier alpha value is -3.12. The fourth-order valence-corrected chi connectivity index (χ4v) is 4.38. The number of aryl methyl sites for hydroxylation is 2. The molecule has 3 aromatic rings. The molecule has 0 radical (unpaired) electrons. The van der Waals surface area contributed by atoms with Gasteiger partial charge in [-0.25, -0.2) is 0 Å². The summed E-state index contributed by atoms with van der Waals surface area (Å²) in [6, 6.07) is 19.1. The summed E-state index contributed by atoms with van der Waals surface area (Å²) in [5, 5.41) is 11.1. The van der Waals surface area contributed by atoms with Gasteiger partial charge < -0.3 is 15.5 Å². The van der Waals surface area contributed by atoms with Gasteiger partial charge in [-0.05, 0) is 56.4 Å². The van der Waals surface area contributed by atoms with Crippen molar-refractivity contribution in [2.24, 2.45) is 0 Å². The van der Waals surface area contributed by atoms with E-state index in [9.17, 15) is 4.79 Å². The molecule has 0 atom stereocenters. The molecule has 1 aliphatic heterocycles. The number of carbonyl (C=O) groups is 1. The number of nitrogens with one attached hydrogen (secondary N) is 2. The second kappa shape index (κ2) is 11.7. The Morgan fingerprint density at radius 2 is 1.88 bits per heavy atom. The molecule has 0 spiro atoms. The lowest BCUT2D eigenvalue weighted by Crippen LogP contribution is -2.42. The van der Waals surface area contributed by atoms with Crippen LogP contribution in [0.25, 0.3) is 0 Å². The highest BCUT2D eigenvalue weighted by Crippen LogP contribution is 2.23. The molecule has 2 heterocycles. The number of piperidine rings is 1. The fraction of sp³-hybridized carbons (Fsp3) is 0.407. The molecule has 4 rings (SSSR count). The van der Waals surface area contributed by atoms with Gasteiger partial charge in [-0.3, -0.25) is 9.48 Å². The number of amides is 1. The van der Waals surface area contributed by atoms with Crippen molar-refractivity contribution in [3.05, 3.63) is 78.1 Å². The van der Waals surface area contributed by atoms with Gasteiger partial charge in [0, 0.05) is 61.8 Å². The summed E-state index contributed by atoms with van der Waals surface area (Å²) in [4.78, 5) is 14.8. The van der Waals surface area contributed by atoms with E-state index in [4.69, 9.17) is 0 Å². The number of hydrogen-bond acceptors (Lipinski definition) is 4. The summed E-state index contributed by atoms with van der Waals surface area (Å²) in [5.41, 5.74) is 4.58. The lowest BCUT2D eigenvalue weighted by molar-refractivity contribution is -0.116. The number of carbonyl (C=O) groups excluding carboxylic acids is 1. The van der Waals surface area contributed by atoms with Gasteiger partial charge in [-0.1, -0.05) is 36.4 Å². The molecular weight excluding hydrogens is 410 g/mol. The lowest BCUT2D eigenvalue weighted by Gasteiger charge is -2.34. The van der Waals surface area contributed by atoms with Crippen LogP contribution in [0.3, 0.4) is 0 Å². The largest absolute Gasteiger partial charge is 0.371 e. The first kappa shape index (κ1) is 23.1. The first-order chi connectivity index (χ1) is 16.2. The Balaban J connectivity index is 1.20. The average Bonchev–Trinajstić information content (AvgIpc) is 3.32. The van der Waals surface area contributed by atoms with Gasteiger partial charge >= 0.3 is 0 Å².